The van der Waals surface area contributed by atoms with Gasteiger partial charge in [0.2, 0.25) is 0 Å². The molecule has 0 aliphatic heterocycles. The molecule has 2 aromatic rings. The van der Waals surface area contributed by atoms with E-state index in [2.05, 4.69) is 29.4 Å². The molecule has 1 atom stereocenters. The second kappa shape index (κ2) is 5.25. The van der Waals surface area contributed by atoms with Crippen LogP contribution >= 0.6 is 11.3 Å². The number of rotatable bonds is 4. The number of carboxylic acid groups (broad SMARTS) is 1. The summed E-state index contributed by atoms with van der Waals surface area (Å²) in [6, 6.07) is 8.21. The van der Waals surface area contributed by atoms with E-state index in [1.165, 1.54) is 5.56 Å². The van der Waals surface area contributed by atoms with Crippen molar-refractivity contribution in [2.45, 2.75) is 32.1 Å². The zero-order valence-electron chi connectivity index (χ0n) is 11.2. The van der Waals surface area contributed by atoms with Crippen LogP contribution in [0.5, 0.6) is 0 Å². The maximum atomic E-state index is 11.2. The largest absolute Gasteiger partial charge is 0.481 e. The highest BCUT2D eigenvalue weighted by atomic mass is 32.1. The summed E-state index contributed by atoms with van der Waals surface area (Å²) in [5, 5.41) is 13.2. The van der Waals surface area contributed by atoms with Crippen LogP contribution in [0.15, 0.2) is 24.3 Å². The molecule has 1 aliphatic rings. The summed E-state index contributed by atoms with van der Waals surface area (Å²) < 4.78 is 0. The van der Waals surface area contributed by atoms with Gasteiger partial charge in [-0.1, -0.05) is 19.1 Å². The molecule has 104 valence electrons. The van der Waals surface area contributed by atoms with Crippen LogP contribution in [0.3, 0.4) is 0 Å². The molecule has 1 unspecified atom stereocenters. The first-order chi connectivity index (χ1) is 9.67. The summed E-state index contributed by atoms with van der Waals surface area (Å²) in [5.74, 6) is -1.20. The lowest BCUT2D eigenvalue weighted by atomic mass is 10.1. The number of thiazole rings is 1. The van der Waals surface area contributed by atoms with Gasteiger partial charge in [0, 0.05) is 10.6 Å². The maximum absolute atomic E-state index is 11.2. The number of carbonyl (C=O) groups is 1. The third-order valence-corrected chi connectivity index (χ3v) is 4.65. The highest BCUT2D eigenvalue weighted by Gasteiger charge is 2.32. The summed E-state index contributed by atoms with van der Waals surface area (Å²) in [6.45, 7) is 2.12. The van der Waals surface area contributed by atoms with Gasteiger partial charge in [-0.15, -0.1) is 11.3 Å². The SMILES string of the molecule is CCc1cccc(Nc2nc3c(s2)CCC3C(=O)O)c1. The second-order valence-electron chi connectivity index (χ2n) is 4.94. The number of hydrogen-bond acceptors (Lipinski definition) is 4. The Labute approximate surface area is 121 Å². The molecule has 0 fully saturated rings. The fraction of sp³-hybridized carbons (Fsp3) is 0.333. The van der Waals surface area contributed by atoms with Crippen LogP contribution in [-0.2, 0) is 17.6 Å². The average molecular weight is 288 g/mol. The van der Waals surface area contributed by atoms with E-state index in [1.54, 1.807) is 11.3 Å². The third kappa shape index (κ3) is 2.41. The van der Waals surface area contributed by atoms with Crippen LogP contribution in [0, 0.1) is 0 Å². The van der Waals surface area contributed by atoms with Gasteiger partial charge in [0.1, 0.15) is 5.92 Å². The maximum Gasteiger partial charge on any atom is 0.312 e. The van der Waals surface area contributed by atoms with Crippen molar-refractivity contribution >= 4 is 28.1 Å². The minimum absolute atomic E-state index is 0.432. The molecule has 0 spiro atoms. The first-order valence-corrected chi connectivity index (χ1v) is 7.57. The zero-order chi connectivity index (χ0) is 14.1. The van der Waals surface area contributed by atoms with Crippen LogP contribution in [0.1, 0.15) is 35.4 Å². The van der Waals surface area contributed by atoms with Crippen LogP contribution in [-0.4, -0.2) is 16.1 Å². The van der Waals surface area contributed by atoms with Crippen molar-refractivity contribution in [3.63, 3.8) is 0 Å². The lowest BCUT2D eigenvalue weighted by Gasteiger charge is -2.05. The van der Waals surface area contributed by atoms with Crippen LogP contribution < -0.4 is 5.32 Å². The molecule has 0 amide bonds. The van der Waals surface area contributed by atoms with Crippen molar-refractivity contribution in [3.05, 3.63) is 40.4 Å². The Morgan fingerprint density at radius 2 is 2.40 bits per heavy atom. The predicted octanol–water partition coefficient (Wildman–Crippen LogP) is 3.56. The number of nitrogens with one attached hydrogen (secondary N) is 1. The molecule has 1 aliphatic carbocycles. The van der Waals surface area contributed by atoms with Crippen molar-refractivity contribution in [1.82, 2.24) is 4.98 Å². The monoisotopic (exact) mass is 288 g/mol. The number of carboxylic acids is 1. The molecule has 2 N–H and O–H groups in total. The average Bonchev–Trinajstić information content (AvgIpc) is 2.98. The number of anilines is 2. The Bertz CT molecular complexity index is 651. The molecule has 0 radical (unpaired) electrons. The van der Waals surface area contributed by atoms with Gasteiger partial charge in [0.15, 0.2) is 5.13 Å². The topological polar surface area (TPSA) is 62.2 Å². The number of benzene rings is 1. The van der Waals surface area contributed by atoms with Crippen LogP contribution in [0.2, 0.25) is 0 Å². The van der Waals surface area contributed by atoms with Crippen molar-refractivity contribution in [2.75, 3.05) is 5.32 Å². The third-order valence-electron chi connectivity index (χ3n) is 3.60. The molecule has 20 heavy (non-hydrogen) atoms. The number of hydrogen-bond donors (Lipinski definition) is 2. The Balaban J connectivity index is 1.82. The van der Waals surface area contributed by atoms with E-state index >= 15 is 0 Å². The van der Waals surface area contributed by atoms with Gasteiger partial charge in [-0.05, 0) is 37.0 Å². The van der Waals surface area contributed by atoms with Gasteiger partial charge in [-0.2, -0.15) is 0 Å². The highest BCUT2D eigenvalue weighted by Crippen LogP contribution is 2.39. The van der Waals surface area contributed by atoms with Gasteiger partial charge < -0.3 is 10.4 Å². The normalized spacial score (nSPS) is 16.9. The Hall–Kier alpha value is -1.88. The second-order valence-corrected chi connectivity index (χ2v) is 6.02. The standard InChI is InChI=1S/C15H16N2O2S/c1-2-9-4-3-5-10(8-9)16-15-17-13-11(14(18)19)6-7-12(13)20-15/h3-5,8,11H,2,6-7H2,1H3,(H,16,17)(H,18,19). The minimum atomic E-state index is -0.770. The van der Waals surface area contributed by atoms with Gasteiger partial charge >= 0.3 is 5.97 Å². The van der Waals surface area contributed by atoms with Crippen LogP contribution in [0.25, 0.3) is 0 Å². The number of aromatic nitrogens is 1. The van der Waals surface area contributed by atoms with E-state index in [-0.39, 0.29) is 0 Å². The highest BCUT2D eigenvalue weighted by molar-refractivity contribution is 7.15. The molecule has 3 rings (SSSR count). The Kier molecular flexibility index (Phi) is 3.44. The fourth-order valence-corrected chi connectivity index (χ4v) is 3.57. The first-order valence-electron chi connectivity index (χ1n) is 6.75. The molecular weight excluding hydrogens is 272 g/mol. The lowest BCUT2D eigenvalue weighted by Crippen LogP contribution is -2.08. The van der Waals surface area contributed by atoms with Gasteiger partial charge in [0.05, 0.1) is 5.69 Å². The van der Waals surface area contributed by atoms with Gasteiger partial charge in [-0.3, -0.25) is 4.79 Å². The molecule has 1 heterocycles. The smallest absolute Gasteiger partial charge is 0.312 e. The van der Waals surface area contributed by atoms with E-state index < -0.39 is 11.9 Å². The van der Waals surface area contributed by atoms with E-state index in [9.17, 15) is 9.90 Å². The molecule has 1 aromatic heterocycles. The summed E-state index contributed by atoms with van der Waals surface area (Å²) in [6.07, 6.45) is 2.49. The summed E-state index contributed by atoms with van der Waals surface area (Å²) in [4.78, 5) is 16.7. The molecular formula is C15H16N2O2S. The number of aliphatic carboxylic acids is 1. The van der Waals surface area contributed by atoms with E-state index in [1.807, 2.05) is 12.1 Å². The Morgan fingerprint density at radius 1 is 1.55 bits per heavy atom. The Morgan fingerprint density at radius 3 is 3.15 bits per heavy atom. The summed E-state index contributed by atoms with van der Waals surface area (Å²) >= 11 is 1.57. The molecule has 0 saturated heterocycles. The predicted molar refractivity (Wildman–Crippen MR) is 79.9 cm³/mol. The van der Waals surface area contributed by atoms with Gasteiger partial charge in [0.25, 0.3) is 0 Å². The molecule has 5 heteroatoms. The van der Waals surface area contributed by atoms with Crippen LogP contribution in [0.4, 0.5) is 10.8 Å². The summed E-state index contributed by atoms with van der Waals surface area (Å²) in [7, 11) is 0. The van der Waals surface area contributed by atoms with Gasteiger partial charge in [-0.25, -0.2) is 4.98 Å². The quantitative estimate of drug-likeness (QED) is 0.903. The van der Waals surface area contributed by atoms with Crippen molar-refractivity contribution in [1.29, 1.82) is 0 Å². The molecule has 1 aromatic carbocycles. The van der Waals surface area contributed by atoms with Crippen molar-refractivity contribution in [3.8, 4) is 0 Å². The van der Waals surface area contributed by atoms with Crippen molar-refractivity contribution in [2.24, 2.45) is 0 Å². The van der Waals surface area contributed by atoms with E-state index in [4.69, 9.17) is 0 Å². The molecule has 0 bridgehead atoms. The number of fused-ring (bicyclic) bond motifs is 1. The van der Waals surface area contributed by atoms with E-state index in [0.29, 0.717) is 6.42 Å². The number of aryl methyl sites for hydroxylation is 2. The number of nitrogens with zero attached hydrogens (tertiary/aromatic N) is 1. The van der Waals surface area contributed by atoms with E-state index in [0.717, 1.165) is 34.2 Å². The minimum Gasteiger partial charge on any atom is -0.481 e. The first kappa shape index (κ1) is 13.1. The zero-order valence-corrected chi connectivity index (χ0v) is 12.0. The molecule has 4 nitrogen and oxygen atoms in total. The fourth-order valence-electron chi connectivity index (χ4n) is 2.51. The molecule has 0 saturated carbocycles. The lowest BCUT2D eigenvalue weighted by molar-refractivity contribution is -0.138. The van der Waals surface area contributed by atoms with Crippen molar-refractivity contribution < 1.29 is 9.90 Å². The summed E-state index contributed by atoms with van der Waals surface area (Å²) in [5.41, 5.74) is 3.02.